The standard InChI is InChI=1S/C27H30F2N4O4/c1-4-37-26(35)23-22(31(3)27(36)30-24(23)19-6-5-7-21(29)14-19)16-32-12-13-33(17(2)15-32)25(34)18-8-10-20(28)11-9-18/h5-11,14,17,24H,4,12-13,15-16H2,1-3H3,(H,30,36)/t17-,24+/m1/s1. The lowest BCUT2D eigenvalue weighted by Crippen LogP contribution is -2.56. The number of ether oxygens (including phenoxy) is 1. The number of carbonyl (C=O) groups excluding carboxylic acids is 3. The summed E-state index contributed by atoms with van der Waals surface area (Å²) in [5.74, 6) is -1.65. The van der Waals surface area contributed by atoms with E-state index in [0.717, 1.165) is 0 Å². The Morgan fingerprint density at radius 2 is 1.81 bits per heavy atom. The predicted octanol–water partition coefficient (Wildman–Crippen LogP) is 3.32. The SMILES string of the molecule is CCOC(=O)C1=C(CN2CCN(C(=O)c3ccc(F)cc3)[C@H](C)C2)N(C)C(=O)N[C@H]1c1cccc(F)c1. The van der Waals surface area contributed by atoms with Gasteiger partial charge in [0.05, 0.1) is 18.2 Å². The van der Waals surface area contributed by atoms with Crippen molar-refractivity contribution >= 4 is 17.9 Å². The number of nitrogens with zero attached hydrogens (tertiary/aromatic N) is 3. The first-order valence-electron chi connectivity index (χ1n) is 12.2. The van der Waals surface area contributed by atoms with E-state index in [9.17, 15) is 23.2 Å². The minimum atomic E-state index is -0.868. The Morgan fingerprint density at radius 1 is 1.08 bits per heavy atom. The van der Waals surface area contributed by atoms with Crippen LogP contribution in [-0.4, -0.2) is 78.5 Å². The van der Waals surface area contributed by atoms with Gasteiger partial charge in [-0.05, 0) is 55.8 Å². The van der Waals surface area contributed by atoms with Crippen LogP contribution in [0.1, 0.15) is 35.8 Å². The number of likely N-dealkylation sites (N-methyl/N-ethyl adjacent to an activating group) is 1. The van der Waals surface area contributed by atoms with Crippen molar-refractivity contribution in [3.8, 4) is 0 Å². The van der Waals surface area contributed by atoms with E-state index in [1.54, 1.807) is 24.9 Å². The molecule has 2 heterocycles. The third kappa shape index (κ3) is 5.64. The molecule has 2 aliphatic heterocycles. The highest BCUT2D eigenvalue weighted by Gasteiger charge is 2.38. The molecule has 0 bridgehead atoms. The Balaban J connectivity index is 1.59. The van der Waals surface area contributed by atoms with Crippen LogP contribution in [0.5, 0.6) is 0 Å². The first-order chi connectivity index (χ1) is 17.7. The van der Waals surface area contributed by atoms with Gasteiger partial charge >= 0.3 is 12.0 Å². The third-order valence-corrected chi connectivity index (χ3v) is 6.69. The number of halogens is 2. The summed E-state index contributed by atoms with van der Waals surface area (Å²) < 4.78 is 32.6. The van der Waals surface area contributed by atoms with Crippen molar-refractivity contribution in [2.75, 3.05) is 39.8 Å². The number of benzene rings is 2. The van der Waals surface area contributed by atoms with Crippen LogP contribution in [0, 0.1) is 11.6 Å². The van der Waals surface area contributed by atoms with Gasteiger partial charge in [-0.3, -0.25) is 14.6 Å². The van der Waals surface area contributed by atoms with Crippen molar-refractivity contribution in [3.63, 3.8) is 0 Å². The monoisotopic (exact) mass is 512 g/mol. The number of rotatable bonds is 6. The van der Waals surface area contributed by atoms with Crippen LogP contribution in [0.4, 0.5) is 13.6 Å². The van der Waals surface area contributed by atoms with Crippen molar-refractivity contribution < 1.29 is 27.9 Å². The molecule has 2 atom stereocenters. The molecule has 0 spiro atoms. The number of urea groups is 1. The van der Waals surface area contributed by atoms with Gasteiger partial charge in [-0.25, -0.2) is 18.4 Å². The Kier molecular flexibility index (Phi) is 7.87. The fourth-order valence-electron chi connectivity index (χ4n) is 4.78. The molecule has 1 fully saturated rings. The lowest BCUT2D eigenvalue weighted by Gasteiger charge is -2.42. The number of esters is 1. The molecule has 2 aromatic rings. The molecule has 37 heavy (non-hydrogen) atoms. The number of amides is 3. The van der Waals surface area contributed by atoms with Gasteiger partial charge in [0.15, 0.2) is 0 Å². The molecule has 3 amide bonds. The lowest BCUT2D eigenvalue weighted by atomic mass is 9.94. The molecule has 2 aromatic carbocycles. The first-order valence-corrected chi connectivity index (χ1v) is 12.2. The summed E-state index contributed by atoms with van der Waals surface area (Å²) in [6.45, 7) is 5.42. The second-order valence-corrected chi connectivity index (χ2v) is 9.17. The van der Waals surface area contributed by atoms with Gasteiger partial charge in [0.1, 0.15) is 11.6 Å². The van der Waals surface area contributed by atoms with Gasteiger partial charge in [0, 0.05) is 50.5 Å². The van der Waals surface area contributed by atoms with Crippen molar-refractivity contribution in [2.24, 2.45) is 0 Å². The largest absolute Gasteiger partial charge is 0.463 e. The van der Waals surface area contributed by atoms with Crippen molar-refractivity contribution in [2.45, 2.75) is 25.9 Å². The van der Waals surface area contributed by atoms with Crippen LogP contribution in [0.15, 0.2) is 59.8 Å². The quantitative estimate of drug-likeness (QED) is 0.601. The molecule has 0 saturated carbocycles. The molecule has 0 radical (unpaired) electrons. The fourth-order valence-corrected chi connectivity index (χ4v) is 4.78. The minimum absolute atomic E-state index is 0.143. The molecular formula is C27H30F2N4O4. The van der Waals surface area contributed by atoms with E-state index in [2.05, 4.69) is 10.2 Å². The van der Waals surface area contributed by atoms with E-state index in [0.29, 0.717) is 36.5 Å². The molecule has 1 N–H and O–H groups in total. The summed E-state index contributed by atoms with van der Waals surface area (Å²) in [4.78, 5) is 44.1. The van der Waals surface area contributed by atoms with E-state index in [-0.39, 0.29) is 30.7 Å². The van der Waals surface area contributed by atoms with Crippen LogP contribution >= 0.6 is 0 Å². The van der Waals surface area contributed by atoms with Crippen molar-refractivity contribution in [1.29, 1.82) is 0 Å². The molecule has 10 heteroatoms. The van der Waals surface area contributed by atoms with E-state index in [1.807, 2.05) is 6.92 Å². The summed E-state index contributed by atoms with van der Waals surface area (Å²) in [6, 6.07) is 9.76. The van der Waals surface area contributed by atoms with E-state index in [4.69, 9.17) is 4.74 Å². The zero-order valence-corrected chi connectivity index (χ0v) is 21.0. The summed E-state index contributed by atoms with van der Waals surface area (Å²) in [5, 5.41) is 2.78. The first kappa shape index (κ1) is 26.3. The van der Waals surface area contributed by atoms with Crippen molar-refractivity contribution in [3.05, 3.63) is 82.6 Å². The van der Waals surface area contributed by atoms with Gasteiger partial charge in [0.2, 0.25) is 0 Å². The van der Waals surface area contributed by atoms with Gasteiger partial charge in [-0.1, -0.05) is 12.1 Å². The van der Waals surface area contributed by atoms with Crippen LogP contribution < -0.4 is 5.32 Å². The van der Waals surface area contributed by atoms with E-state index >= 15 is 0 Å². The molecule has 1 saturated heterocycles. The van der Waals surface area contributed by atoms with Crippen LogP contribution in [0.2, 0.25) is 0 Å². The number of carbonyl (C=O) groups is 3. The highest BCUT2D eigenvalue weighted by atomic mass is 19.1. The topological polar surface area (TPSA) is 82.2 Å². The predicted molar refractivity (Wildman–Crippen MR) is 132 cm³/mol. The van der Waals surface area contributed by atoms with Crippen LogP contribution in [0.3, 0.4) is 0 Å². The van der Waals surface area contributed by atoms with Gasteiger partial charge in [-0.15, -0.1) is 0 Å². The zero-order valence-electron chi connectivity index (χ0n) is 21.0. The second-order valence-electron chi connectivity index (χ2n) is 9.17. The molecule has 0 unspecified atom stereocenters. The van der Waals surface area contributed by atoms with Crippen molar-refractivity contribution in [1.82, 2.24) is 20.0 Å². The zero-order chi connectivity index (χ0) is 26.7. The average molecular weight is 513 g/mol. The second kappa shape index (κ2) is 11.1. The smallest absolute Gasteiger partial charge is 0.338 e. The van der Waals surface area contributed by atoms with E-state index < -0.39 is 29.7 Å². The number of piperazine rings is 1. The summed E-state index contributed by atoms with van der Waals surface area (Å²) in [5.41, 5.74) is 1.55. The third-order valence-electron chi connectivity index (χ3n) is 6.69. The number of nitrogens with one attached hydrogen (secondary N) is 1. The van der Waals surface area contributed by atoms with E-state index in [1.165, 1.54) is 47.4 Å². The highest BCUT2D eigenvalue weighted by Crippen LogP contribution is 2.32. The van der Waals surface area contributed by atoms with Crippen LogP contribution in [0.25, 0.3) is 0 Å². The highest BCUT2D eigenvalue weighted by molar-refractivity contribution is 5.95. The Morgan fingerprint density at radius 3 is 2.46 bits per heavy atom. The Hall–Kier alpha value is -3.79. The normalized spacial score (nSPS) is 20.6. The molecule has 2 aliphatic rings. The van der Waals surface area contributed by atoms with Gasteiger partial charge in [-0.2, -0.15) is 0 Å². The maximum atomic E-state index is 14.0. The molecule has 196 valence electrons. The molecule has 0 aliphatic carbocycles. The minimum Gasteiger partial charge on any atom is -0.463 e. The molecule has 4 rings (SSSR count). The molecule has 0 aromatic heterocycles. The summed E-state index contributed by atoms with van der Waals surface area (Å²) in [7, 11) is 1.57. The molecular weight excluding hydrogens is 482 g/mol. The maximum absolute atomic E-state index is 14.0. The average Bonchev–Trinajstić information content (AvgIpc) is 2.87. The van der Waals surface area contributed by atoms with Gasteiger partial charge < -0.3 is 15.0 Å². The summed E-state index contributed by atoms with van der Waals surface area (Å²) in [6.07, 6.45) is 0. The fraction of sp³-hybridized carbons (Fsp3) is 0.370. The van der Waals surface area contributed by atoms with Gasteiger partial charge in [0.25, 0.3) is 5.91 Å². The van der Waals surface area contributed by atoms with Crippen LogP contribution in [-0.2, 0) is 9.53 Å². The maximum Gasteiger partial charge on any atom is 0.338 e. The lowest BCUT2D eigenvalue weighted by molar-refractivity contribution is -0.139. The number of hydrogen-bond donors (Lipinski definition) is 1. The summed E-state index contributed by atoms with van der Waals surface area (Å²) >= 11 is 0. The molecule has 8 nitrogen and oxygen atoms in total. The Labute approximate surface area is 214 Å². The number of hydrogen-bond acceptors (Lipinski definition) is 5. The Bertz CT molecular complexity index is 1220.